The molecule has 0 aliphatic rings. The van der Waals surface area contributed by atoms with Crippen LogP contribution in [0, 0.1) is 13.8 Å². The lowest BCUT2D eigenvalue weighted by molar-refractivity contribution is -0.122. The number of carbonyl (C=O) groups is 1. The summed E-state index contributed by atoms with van der Waals surface area (Å²) in [6.07, 6.45) is 2.17. The minimum atomic E-state index is -0.216. The minimum Gasteiger partial charge on any atom is -0.345 e. The van der Waals surface area contributed by atoms with Gasteiger partial charge in [0, 0.05) is 4.88 Å². The number of hydrogen-bond donors (Lipinski definition) is 1. The summed E-state index contributed by atoms with van der Waals surface area (Å²) >= 11 is 2.94. The molecular formula is C16H18N4O2S2. The lowest BCUT2D eigenvalue weighted by atomic mass is 10.2. The Morgan fingerprint density at radius 1 is 1.42 bits per heavy atom. The second-order valence-corrected chi connectivity index (χ2v) is 7.69. The third kappa shape index (κ3) is 3.25. The zero-order valence-electron chi connectivity index (χ0n) is 13.7. The molecule has 0 spiro atoms. The third-order valence-corrected chi connectivity index (χ3v) is 5.91. The highest BCUT2D eigenvalue weighted by molar-refractivity contribution is 7.17. The molecule has 126 valence electrons. The number of thiazole rings is 1. The van der Waals surface area contributed by atoms with Crippen molar-refractivity contribution in [2.45, 2.75) is 39.8 Å². The van der Waals surface area contributed by atoms with Crippen molar-refractivity contribution in [1.82, 2.24) is 19.9 Å². The summed E-state index contributed by atoms with van der Waals surface area (Å²) in [5.74, 6) is -0.216. The van der Waals surface area contributed by atoms with E-state index in [9.17, 15) is 9.59 Å². The Morgan fingerprint density at radius 3 is 2.88 bits per heavy atom. The number of nitrogens with one attached hydrogen (secondary N) is 1. The fourth-order valence-electron chi connectivity index (χ4n) is 2.37. The smallest absolute Gasteiger partial charge is 0.271 e. The first-order valence-corrected chi connectivity index (χ1v) is 9.35. The Labute approximate surface area is 147 Å². The van der Waals surface area contributed by atoms with Crippen LogP contribution < -0.4 is 10.9 Å². The third-order valence-electron chi connectivity index (χ3n) is 3.84. The molecule has 0 bridgehead atoms. The standard InChI is InChI=1S/C16H18N4O2S2/c1-4-11(15-18-9(2)10(3)24-15)19-13(21)7-20-8-17-12-5-6-23-14(12)16(20)22/h5-6,8,11H,4,7H2,1-3H3,(H,19,21)/t11-/m0/s1. The first-order valence-electron chi connectivity index (χ1n) is 7.65. The van der Waals surface area contributed by atoms with E-state index in [0.29, 0.717) is 10.2 Å². The highest BCUT2D eigenvalue weighted by atomic mass is 32.1. The summed E-state index contributed by atoms with van der Waals surface area (Å²) in [4.78, 5) is 34.6. The molecule has 3 heterocycles. The SMILES string of the molecule is CC[C@H](NC(=O)Cn1cnc2ccsc2c1=O)c1nc(C)c(C)s1. The van der Waals surface area contributed by atoms with Crippen molar-refractivity contribution in [3.05, 3.63) is 43.7 Å². The van der Waals surface area contributed by atoms with Crippen molar-refractivity contribution in [2.24, 2.45) is 0 Å². The Bertz CT molecular complexity index is 922. The summed E-state index contributed by atoms with van der Waals surface area (Å²) in [7, 11) is 0. The predicted octanol–water partition coefficient (Wildman–Crippen LogP) is 2.80. The van der Waals surface area contributed by atoms with Gasteiger partial charge in [-0.15, -0.1) is 22.7 Å². The van der Waals surface area contributed by atoms with E-state index in [-0.39, 0.29) is 24.1 Å². The van der Waals surface area contributed by atoms with E-state index in [0.717, 1.165) is 22.0 Å². The lowest BCUT2D eigenvalue weighted by Gasteiger charge is -2.15. The van der Waals surface area contributed by atoms with Crippen LogP contribution in [0.15, 0.2) is 22.6 Å². The molecule has 6 nitrogen and oxygen atoms in total. The van der Waals surface area contributed by atoms with E-state index in [1.54, 1.807) is 17.4 Å². The number of nitrogens with zero attached hydrogens (tertiary/aromatic N) is 3. The number of amides is 1. The van der Waals surface area contributed by atoms with Crippen molar-refractivity contribution < 1.29 is 4.79 Å². The maximum Gasteiger partial charge on any atom is 0.271 e. The van der Waals surface area contributed by atoms with Crippen molar-refractivity contribution in [3.8, 4) is 0 Å². The molecule has 0 saturated heterocycles. The Hall–Kier alpha value is -2.06. The maximum atomic E-state index is 12.4. The van der Waals surface area contributed by atoms with E-state index in [1.807, 2.05) is 26.2 Å². The van der Waals surface area contributed by atoms with Crippen molar-refractivity contribution >= 4 is 38.8 Å². The molecule has 0 saturated carbocycles. The monoisotopic (exact) mass is 362 g/mol. The van der Waals surface area contributed by atoms with E-state index in [2.05, 4.69) is 15.3 Å². The second kappa shape index (κ2) is 6.82. The molecule has 0 aromatic carbocycles. The van der Waals surface area contributed by atoms with Gasteiger partial charge in [0.2, 0.25) is 5.91 Å². The topological polar surface area (TPSA) is 76.9 Å². The van der Waals surface area contributed by atoms with Gasteiger partial charge in [-0.1, -0.05) is 6.92 Å². The molecule has 8 heteroatoms. The van der Waals surface area contributed by atoms with Crippen LogP contribution in [0.5, 0.6) is 0 Å². The largest absolute Gasteiger partial charge is 0.345 e. The van der Waals surface area contributed by atoms with Crippen LogP contribution in [0.3, 0.4) is 0 Å². The zero-order valence-corrected chi connectivity index (χ0v) is 15.3. The maximum absolute atomic E-state index is 12.4. The molecular weight excluding hydrogens is 344 g/mol. The molecule has 1 amide bonds. The van der Waals surface area contributed by atoms with Crippen LogP contribution >= 0.6 is 22.7 Å². The average molecular weight is 362 g/mol. The van der Waals surface area contributed by atoms with Crippen molar-refractivity contribution in [3.63, 3.8) is 0 Å². The van der Waals surface area contributed by atoms with Gasteiger partial charge in [-0.3, -0.25) is 14.2 Å². The predicted molar refractivity (Wildman–Crippen MR) is 96.6 cm³/mol. The molecule has 3 aromatic rings. The molecule has 1 atom stereocenters. The summed E-state index contributed by atoms with van der Waals surface area (Å²) in [6.45, 7) is 5.94. The molecule has 0 aliphatic carbocycles. The summed E-state index contributed by atoms with van der Waals surface area (Å²) < 4.78 is 1.92. The molecule has 3 aromatic heterocycles. The van der Waals surface area contributed by atoms with E-state index >= 15 is 0 Å². The molecule has 0 unspecified atom stereocenters. The first-order chi connectivity index (χ1) is 11.5. The van der Waals surface area contributed by atoms with Crippen LogP contribution in [0.25, 0.3) is 10.2 Å². The first kappa shape index (κ1) is 16.8. The number of aromatic nitrogens is 3. The van der Waals surface area contributed by atoms with Gasteiger partial charge in [0.15, 0.2) is 0 Å². The zero-order chi connectivity index (χ0) is 17.3. The van der Waals surface area contributed by atoms with Gasteiger partial charge in [-0.05, 0) is 31.7 Å². The highest BCUT2D eigenvalue weighted by Crippen LogP contribution is 2.24. The van der Waals surface area contributed by atoms with E-state index in [1.165, 1.54) is 22.2 Å². The second-order valence-electron chi connectivity index (χ2n) is 5.53. The number of hydrogen-bond acceptors (Lipinski definition) is 6. The molecule has 0 radical (unpaired) electrons. The normalized spacial score (nSPS) is 12.5. The van der Waals surface area contributed by atoms with Crippen LogP contribution in [0.1, 0.15) is 35.0 Å². The Balaban J connectivity index is 1.76. The fourth-order valence-corrected chi connectivity index (χ4v) is 4.22. The number of rotatable bonds is 5. The average Bonchev–Trinajstić information content (AvgIpc) is 3.15. The van der Waals surface area contributed by atoms with Gasteiger partial charge in [0.25, 0.3) is 5.56 Å². The van der Waals surface area contributed by atoms with Gasteiger partial charge in [0.1, 0.15) is 16.3 Å². The van der Waals surface area contributed by atoms with Crippen molar-refractivity contribution in [1.29, 1.82) is 0 Å². The van der Waals surface area contributed by atoms with E-state index in [4.69, 9.17) is 0 Å². The minimum absolute atomic E-state index is 0.0421. The highest BCUT2D eigenvalue weighted by Gasteiger charge is 2.18. The number of fused-ring (bicyclic) bond motifs is 1. The van der Waals surface area contributed by atoms with Gasteiger partial charge < -0.3 is 5.32 Å². The van der Waals surface area contributed by atoms with Crippen molar-refractivity contribution in [2.75, 3.05) is 0 Å². The van der Waals surface area contributed by atoms with Gasteiger partial charge in [-0.2, -0.15) is 0 Å². The van der Waals surface area contributed by atoms with Gasteiger partial charge in [-0.25, -0.2) is 9.97 Å². The summed E-state index contributed by atoms with van der Waals surface area (Å²) in [6, 6.07) is 1.66. The van der Waals surface area contributed by atoms with Crippen LogP contribution in [-0.4, -0.2) is 20.4 Å². The molecule has 1 N–H and O–H groups in total. The van der Waals surface area contributed by atoms with Crippen LogP contribution in [-0.2, 0) is 11.3 Å². The van der Waals surface area contributed by atoms with Crippen LogP contribution in [0.4, 0.5) is 0 Å². The number of aryl methyl sites for hydroxylation is 2. The Morgan fingerprint density at radius 2 is 2.21 bits per heavy atom. The summed E-state index contributed by atoms with van der Waals surface area (Å²) in [5.41, 5.74) is 1.48. The van der Waals surface area contributed by atoms with E-state index < -0.39 is 0 Å². The van der Waals surface area contributed by atoms with Gasteiger partial charge >= 0.3 is 0 Å². The molecule has 0 aliphatic heterocycles. The lowest BCUT2D eigenvalue weighted by Crippen LogP contribution is -2.34. The van der Waals surface area contributed by atoms with Crippen LogP contribution in [0.2, 0.25) is 0 Å². The van der Waals surface area contributed by atoms with Gasteiger partial charge in [0.05, 0.1) is 23.6 Å². The Kier molecular flexibility index (Phi) is 4.77. The molecule has 24 heavy (non-hydrogen) atoms. The quantitative estimate of drug-likeness (QED) is 0.757. The summed E-state index contributed by atoms with van der Waals surface area (Å²) in [5, 5.41) is 5.69. The number of carbonyl (C=O) groups excluding carboxylic acids is 1. The number of thiophene rings is 1. The molecule has 0 fully saturated rings. The fraction of sp³-hybridized carbons (Fsp3) is 0.375. The molecule has 3 rings (SSSR count).